The summed E-state index contributed by atoms with van der Waals surface area (Å²) in [4.78, 5) is 38.6. The Balaban J connectivity index is 1.51. The molecular formula is C20H26N2O4. The molecule has 2 amide bonds. The lowest BCUT2D eigenvalue weighted by Crippen LogP contribution is -2.36. The van der Waals surface area contributed by atoms with E-state index in [0.29, 0.717) is 12.2 Å². The molecule has 6 nitrogen and oxygen atoms in total. The van der Waals surface area contributed by atoms with Gasteiger partial charge in [0.2, 0.25) is 5.91 Å². The topological polar surface area (TPSA) is 75.7 Å². The number of rotatable bonds is 5. The Morgan fingerprint density at radius 2 is 1.85 bits per heavy atom. The molecule has 2 fully saturated rings. The predicted octanol–water partition coefficient (Wildman–Crippen LogP) is 2.66. The number of nitrogens with zero attached hydrogens (tertiary/aromatic N) is 1. The zero-order valence-corrected chi connectivity index (χ0v) is 15.4. The summed E-state index contributed by atoms with van der Waals surface area (Å²) in [7, 11) is 0. The average Bonchev–Trinajstić information content (AvgIpc) is 3.26. The molecule has 1 aliphatic heterocycles. The standard InChI is InChI=1S/C20H26N2O4/c1-13-7-9-16(10-8-13)21-19(24)14(2)26-20(25)15-11-18(23)22(12-15)17-5-3-4-6-17/h7-10,14-15,17H,3-6,11-12H2,1-2H3,(H,21,24)/t14-,15-/m0/s1. The van der Waals surface area contributed by atoms with Gasteiger partial charge in [0, 0.05) is 24.7 Å². The zero-order valence-electron chi connectivity index (χ0n) is 15.4. The van der Waals surface area contributed by atoms with E-state index >= 15 is 0 Å². The summed E-state index contributed by atoms with van der Waals surface area (Å²) in [6.45, 7) is 3.93. The number of amides is 2. The molecular weight excluding hydrogens is 332 g/mol. The number of benzene rings is 1. The molecule has 6 heteroatoms. The molecule has 0 unspecified atom stereocenters. The number of ether oxygens (including phenoxy) is 1. The lowest BCUT2D eigenvalue weighted by Gasteiger charge is -2.24. The smallest absolute Gasteiger partial charge is 0.312 e. The molecule has 140 valence electrons. The van der Waals surface area contributed by atoms with E-state index in [4.69, 9.17) is 4.74 Å². The van der Waals surface area contributed by atoms with Gasteiger partial charge in [-0.1, -0.05) is 30.5 Å². The molecule has 2 atom stereocenters. The zero-order chi connectivity index (χ0) is 18.7. The van der Waals surface area contributed by atoms with E-state index in [1.165, 1.54) is 0 Å². The Morgan fingerprint density at radius 1 is 1.19 bits per heavy atom. The van der Waals surface area contributed by atoms with Crippen LogP contribution < -0.4 is 5.32 Å². The van der Waals surface area contributed by atoms with Crippen LogP contribution in [0.5, 0.6) is 0 Å². The first-order valence-electron chi connectivity index (χ1n) is 9.31. The molecule has 1 aliphatic carbocycles. The second kappa shape index (κ2) is 7.89. The second-order valence-electron chi connectivity index (χ2n) is 7.32. The van der Waals surface area contributed by atoms with Gasteiger partial charge in [-0.15, -0.1) is 0 Å². The van der Waals surface area contributed by atoms with Gasteiger partial charge in [0.05, 0.1) is 5.92 Å². The van der Waals surface area contributed by atoms with Crippen LogP contribution in [-0.2, 0) is 19.1 Å². The highest BCUT2D eigenvalue weighted by atomic mass is 16.5. The van der Waals surface area contributed by atoms with Crippen molar-refractivity contribution in [1.29, 1.82) is 0 Å². The first kappa shape index (κ1) is 18.4. The summed E-state index contributed by atoms with van der Waals surface area (Å²) in [6, 6.07) is 7.66. The van der Waals surface area contributed by atoms with Crippen molar-refractivity contribution in [3.05, 3.63) is 29.8 Å². The van der Waals surface area contributed by atoms with Gasteiger partial charge in [-0.2, -0.15) is 0 Å². The van der Waals surface area contributed by atoms with Crippen molar-refractivity contribution in [2.75, 3.05) is 11.9 Å². The van der Waals surface area contributed by atoms with Crippen molar-refractivity contribution >= 4 is 23.5 Å². The second-order valence-corrected chi connectivity index (χ2v) is 7.32. The molecule has 1 aromatic rings. The largest absolute Gasteiger partial charge is 0.452 e. The van der Waals surface area contributed by atoms with Gasteiger partial charge in [0.1, 0.15) is 0 Å². The van der Waals surface area contributed by atoms with Crippen molar-refractivity contribution < 1.29 is 19.1 Å². The maximum absolute atomic E-state index is 12.4. The number of esters is 1. The fourth-order valence-corrected chi connectivity index (χ4v) is 3.66. The minimum Gasteiger partial charge on any atom is -0.452 e. The normalized spacial score (nSPS) is 21.7. The monoisotopic (exact) mass is 358 g/mol. The highest BCUT2D eigenvalue weighted by Crippen LogP contribution is 2.30. The minimum absolute atomic E-state index is 0.0237. The molecule has 0 radical (unpaired) electrons. The summed E-state index contributed by atoms with van der Waals surface area (Å²) < 4.78 is 5.32. The van der Waals surface area contributed by atoms with Crippen LogP contribution in [0.15, 0.2) is 24.3 Å². The number of hydrogen-bond donors (Lipinski definition) is 1. The van der Waals surface area contributed by atoms with Crippen molar-refractivity contribution in [3.8, 4) is 0 Å². The molecule has 1 N–H and O–H groups in total. The van der Waals surface area contributed by atoms with Gasteiger partial charge in [-0.05, 0) is 38.8 Å². The Morgan fingerprint density at radius 3 is 2.50 bits per heavy atom. The van der Waals surface area contributed by atoms with Gasteiger partial charge in [-0.25, -0.2) is 0 Å². The van der Waals surface area contributed by atoms with Crippen molar-refractivity contribution in [3.63, 3.8) is 0 Å². The van der Waals surface area contributed by atoms with E-state index in [1.54, 1.807) is 19.1 Å². The van der Waals surface area contributed by atoms with Crippen molar-refractivity contribution in [2.45, 2.75) is 58.1 Å². The quantitative estimate of drug-likeness (QED) is 0.821. The van der Waals surface area contributed by atoms with Gasteiger partial charge in [0.15, 0.2) is 6.10 Å². The van der Waals surface area contributed by atoms with E-state index in [2.05, 4.69) is 5.32 Å². The third kappa shape index (κ3) is 4.23. The Bertz CT molecular complexity index is 680. The summed E-state index contributed by atoms with van der Waals surface area (Å²) in [6.07, 6.45) is 3.59. The number of carbonyl (C=O) groups is 3. The lowest BCUT2D eigenvalue weighted by molar-refractivity contribution is -0.157. The molecule has 1 aromatic carbocycles. The van der Waals surface area contributed by atoms with Gasteiger partial charge in [0.25, 0.3) is 5.91 Å². The maximum Gasteiger partial charge on any atom is 0.312 e. The van der Waals surface area contributed by atoms with Crippen LogP contribution in [0.4, 0.5) is 5.69 Å². The Hall–Kier alpha value is -2.37. The number of aryl methyl sites for hydroxylation is 1. The number of hydrogen-bond acceptors (Lipinski definition) is 4. The van der Waals surface area contributed by atoms with E-state index in [0.717, 1.165) is 31.2 Å². The number of likely N-dealkylation sites (tertiary alicyclic amines) is 1. The van der Waals surface area contributed by atoms with Gasteiger partial charge >= 0.3 is 5.97 Å². The molecule has 1 heterocycles. The van der Waals surface area contributed by atoms with Crippen LogP contribution >= 0.6 is 0 Å². The molecule has 3 rings (SSSR count). The van der Waals surface area contributed by atoms with Crippen LogP contribution in [0.1, 0.15) is 44.6 Å². The van der Waals surface area contributed by atoms with Crippen molar-refractivity contribution in [2.24, 2.45) is 5.92 Å². The molecule has 0 spiro atoms. The molecule has 1 saturated carbocycles. The minimum atomic E-state index is -0.903. The third-order valence-electron chi connectivity index (χ3n) is 5.24. The Kier molecular flexibility index (Phi) is 5.59. The summed E-state index contributed by atoms with van der Waals surface area (Å²) in [5.74, 6) is -1.29. The molecule has 0 bridgehead atoms. The summed E-state index contributed by atoms with van der Waals surface area (Å²) in [5.41, 5.74) is 1.76. The highest BCUT2D eigenvalue weighted by molar-refractivity contribution is 5.95. The SMILES string of the molecule is Cc1ccc(NC(=O)[C@H](C)OC(=O)[C@H]2CC(=O)N(C3CCCC3)C2)cc1. The summed E-state index contributed by atoms with van der Waals surface area (Å²) in [5, 5.41) is 2.73. The first-order chi connectivity index (χ1) is 12.4. The van der Waals surface area contributed by atoms with Crippen LogP contribution in [0.3, 0.4) is 0 Å². The van der Waals surface area contributed by atoms with E-state index in [1.807, 2.05) is 24.0 Å². The van der Waals surface area contributed by atoms with Crippen LogP contribution in [0.2, 0.25) is 0 Å². The third-order valence-corrected chi connectivity index (χ3v) is 5.24. The first-order valence-corrected chi connectivity index (χ1v) is 9.31. The molecule has 0 aromatic heterocycles. The van der Waals surface area contributed by atoms with Crippen molar-refractivity contribution in [1.82, 2.24) is 4.90 Å². The fourth-order valence-electron chi connectivity index (χ4n) is 3.66. The van der Waals surface area contributed by atoms with E-state index in [-0.39, 0.29) is 24.3 Å². The fraction of sp³-hybridized carbons (Fsp3) is 0.550. The average molecular weight is 358 g/mol. The van der Waals surface area contributed by atoms with Crippen LogP contribution in [0, 0.1) is 12.8 Å². The van der Waals surface area contributed by atoms with Gasteiger partial charge in [-0.3, -0.25) is 14.4 Å². The molecule has 26 heavy (non-hydrogen) atoms. The summed E-state index contributed by atoms with van der Waals surface area (Å²) >= 11 is 0. The lowest BCUT2D eigenvalue weighted by atomic mass is 10.1. The van der Waals surface area contributed by atoms with Gasteiger partial charge < -0.3 is 15.0 Å². The number of nitrogens with one attached hydrogen (secondary N) is 1. The Labute approximate surface area is 153 Å². The predicted molar refractivity (Wildman–Crippen MR) is 97.4 cm³/mol. The highest BCUT2D eigenvalue weighted by Gasteiger charge is 2.40. The maximum atomic E-state index is 12.4. The number of anilines is 1. The molecule has 2 aliphatic rings. The van der Waals surface area contributed by atoms with Crippen LogP contribution in [0.25, 0.3) is 0 Å². The van der Waals surface area contributed by atoms with E-state index < -0.39 is 18.0 Å². The van der Waals surface area contributed by atoms with E-state index in [9.17, 15) is 14.4 Å². The molecule has 1 saturated heterocycles. The van der Waals surface area contributed by atoms with Crippen LogP contribution in [-0.4, -0.2) is 41.4 Å². The number of carbonyl (C=O) groups excluding carboxylic acids is 3.